The summed E-state index contributed by atoms with van der Waals surface area (Å²) in [5, 5.41) is 14.0. The first-order valence-corrected chi connectivity index (χ1v) is 11.3. The van der Waals surface area contributed by atoms with Gasteiger partial charge in [-0.05, 0) is 68.0 Å². The maximum absolute atomic E-state index is 9.77. The van der Waals surface area contributed by atoms with Crippen molar-refractivity contribution in [2.24, 2.45) is 11.7 Å². The van der Waals surface area contributed by atoms with E-state index in [2.05, 4.69) is 35.9 Å². The highest BCUT2D eigenvalue weighted by Crippen LogP contribution is 2.32. The summed E-state index contributed by atoms with van der Waals surface area (Å²) in [7, 11) is 0. The van der Waals surface area contributed by atoms with Crippen LogP contribution in [0.5, 0.6) is 5.75 Å². The van der Waals surface area contributed by atoms with E-state index in [0.717, 1.165) is 58.7 Å². The molecule has 32 heavy (non-hydrogen) atoms. The molecule has 1 unspecified atom stereocenters. The van der Waals surface area contributed by atoms with Gasteiger partial charge in [-0.25, -0.2) is 0 Å². The van der Waals surface area contributed by atoms with Crippen LogP contribution in [0, 0.1) is 19.8 Å². The Morgan fingerprint density at radius 3 is 2.56 bits per heavy atom. The number of hydrogen-bond donors (Lipinski definition) is 2. The maximum Gasteiger partial charge on any atom is 0.258 e. The molecule has 0 fully saturated rings. The van der Waals surface area contributed by atoms with Crippen molar-refractivity contribution in [3.05, 3.63) is 46.8 Å². The Morgan fingerprint density at radius 1 is 1.09 bits per heavy atom. The molecular weight excluding hydrogens is 404 g/mol. The standard InChI is InChI=1S/C25H34N4O3/c1-6-7-18-11-19(9-16(4)23(18)31-14-22(30)13-26)24-28-25(32-29-24)20-10-17(5)27-21(12-20)8-15(2)3/h9-12,15,22,30H,6-8,13-14,26H2,1-5H3. The largest absolute Gasteiger partial charge is 0.490 e. The normalized spacial score (nSPS) is 12.4. The molecule has 0 bridgehead atoms. The predicted molar refractivity (Wildman–Crippen MR) is 126 cm³/mol. The average Bonchev–Trinajstić information content (AvgIpc) is 3.22. The molecule has 0 aliphatic carbocycles. The number of benzene rings is 1. The zero-order valence-electron chi connectivity index (χ0n) is 19.7. The van der Waals surface area contributed by atoms with Crippen LogP contribution in [-0.4, -0.2) is 39.5 Å². The monoisotopic (exact) mass is 438 g/mol. The molecule has 3 aromatic rings. The fourth-order valence-electron chi connectivity index (χ4n) is 3.73. The first-order chi connectivity index (χ1) is 15.3. The molecule has 7 heteroatoms. The molecule has 3 rings (SSSR count). The fraction of sp³-hybridized carbons (Fsp3) is 0.480. The number of nitrogens with two attached hydrogens (primary N) is 1. The lowest BCUT2D eigenvalue weighted by Crippen LogP contribution is -2.27. The van der Waals surface area contributed by atoms with Gasteiger partial charge in [0.25, 0.3) is 5.89 Å². The number of aliphatic hydroxyl groups excluding tert-OH is 1. The Bertz CT molecular complexity index is 1050. The first-order valence-electron chi connectivity index (χ1n) is 11.3. The first kappa shape index (κ1) is 23.9. The summed E-state index contributed by atoms with van der Waals surface area (Å²) in [4.78, 5) is 9.29. The van der Waals surface area contributed by atoms with E-state index in [4.69, 9.17) is 15.0 Å². The third kappa shape index (κ3) is 5.93. The van der Waals surface area contributed by atoms with E-state index in [1.165, 1.54) is 0 Å². The highest BCUT2D eigenvalue weighted by Gasteiger charge is 2.17. The van der Waals surface area contributed by atoms with Crippen molar-refractivity contribution in [3.63, 3.8) is 0 Å². The molecule has 0 radical (unpaired) electrons. The molecule has 1 atom stereocenters. The number of aliphatic hydroxyl groups is 1. The third-order valence-corrected chi connectivity index (χ3v) is 5.12. The SMILES string of the molecule is CCCc1cc(-c2noc(-c3cc(C)nc(CC(C)C)c3)n2)cc(C)c1OCC(O)CN. The van der Waals surface area contributed by atoms with Crippen LogP contribution in [0.1, 0.15) is 49.7 Å². The topological polar surface area (TPSA) is 107 Å². The van der Waals surface area contributed by atoms with Gasteiger partial charge in [0.15, 0.2) is 0 Å². The lowest BCUT2D eigenvalue weighted by molar-refractivity contribution is 0.113. The summed E-state index contributed by atoms with van der Waals surface area (Å²) < 4.78 is 11.5. The van der Waals surface area contributed by atoms with Gasteiger partial charge < -0.3 is 20.1 Å². The van der Waals surface area contributed by atoms with Crippen LogP contribution in [0.2, 0.25) is 0 Å². The Balaban J connectivity index is 1.92. The molecule has 0 amide bonds. The van der Waals surface area contributed by atoms with E-state index < -0.39 is 6.10 Å². The van der Waals surface area contributed by atoms with Crippen molar-refractivity contribution in [3.8, 4) is 28.6 Å². The van der Waals surface area contributed by atoms with E-state index in [-0.39, 0.29) is 13.2 Å². The van der Waals surface area contributed by atoms with Crippen molar-refractivity contribution < 1.29 is 14.4 Å². The summed E-state index contributed by atoms with van der Waals surface area (Å²) in [5.74, 6) is 2.32. The molecule has 0 saturated heterocycles. The molecule has 0 spiro atoms. The number of nitrogens with zero attached hydrogens (tertiary/aromatic N) is 3. The zero-order chi connectivity index (χ0) is 23.3. The molecule has 0 aliphatic rings. The van der Waals surface area contributed by atoms with Gasteiger partial charge in [-0.3, -0.25) is 4.98 Å². The molecule has 2 aromatic heterocycles. The van der Waals surface area contributed by atoms with Gasteiger partial charge >= 0.3 is 0 Å². The van der Waals surface area contributed by atoms with E-state index in [1.54, 1.807) is 0 Å². The number of aryl methyl sites for hydroxylation is 3. The van der Waals surface area contributed by atoms with E-state index in [0.29, 0.717) is 17.6 Å². The van der Waals surface area contributed by atoms with Gasteiger partial charge in [-0.1, -0.05) is 32.3 Å². The van der Waals surface area contributed by atoms with Gasteiger partial charge in [0.1, 0.15) is 18.5 Å². The summed E-state index contributed by atoms with van der Waals surface area (Å²) in [6, 6.07) is 8.02. The number of rotatable bonds is 10. The van der Waals surface area contributed by atoms with Gasteiger partial charge in [0.2, 0.25) is 5.82 Å². The van der Waals surface area contributed by atoms with Gasteiger partial charge in [-0.15, -0.1) is 0 Å². The van der Waals surface area contributed by atoms with Crippen molar-refractivity contribution in [2.45, 2.75) is 60.0 Å². The van der Waals surface area contributed by atoms with E-state index in [9.17, 15) is 5.11 Å². The predicted octanol–water partition coefficient (Wildman–Crippen LogP) is 4.26. The van der Waals surface area contributed by atoms with Gasteiger partial charge in [-0.2, -0.15) is 4.98 Å². The Hall–Kier alpha value is -2.77. The lowest BCUT2D eigenvalue weighted by atomic mass is 10.0. The summed E-state index contributed by atoms with van der Waals surface area (Å²) >= 11 is 0. The Labute approximate surface area is 190 Å². The smallest absolute Gasteiger partial charge is 0.258 e. The Kier molecular flexibility index (Phi) is 7.99. The summed E-state index contributed by atoms with van der Waals surface area (Å²) in [6.45, 7) is 10.8. The van der Waals surface area contributed by atoms with Crippen molar-refractivity contribution in [2.75, 3.05) is 13.2 Å². The van der Waals surface area contributed by atoms with Crippen molar-refractivity contribution in [1.82, 2.24) is 15.1 Å². The quantitative estimate of drug-likeness (QED) is 0.487. The summed E-state index contributed by atoms with van der Waals surface area (Å²) in [6.07, 6.45) is 2.02. The molecule has 172 valence electrons. The van der Waals surface area contributed by atoms with Crippen LogP contribution < -0.4 is 10.5 Å². The molecule has 0 aliphatic heterocycles. The van der Waals surface area contributed by atoms with Crippen LogP contribution >= 0.6 is 0 Å². The second-order valence-electron chi connectivity index (χ2n) is 8.74. The van der Waals surface area contributed by atoms with Crippen molar-refractivity contribution in [1.29, 1.82) is 0 Å². The molecule has 2 heterocycles. The van der Waals surface area contributed by atoms with Crippen LogP contribution in [0.15, 0.2) is 28.8 Å². The fourth-order valence-corrected chi connectivity index (χ4v) is 3.73. The second kappa shape index (κ2) is 10.7. The third-order valence-electron chi connectivity index (χ3n) is 5.12. The highest BCUT2D eigenvalue weighted by atomic mass is 16.5. The van der Waals surface area contributed by atoms with Gasteiger partial charge in [0.05, 0.1) is 0 Å². The van der Waals surface area contributed by atoms with E-state index in [1.807, 2.05) is 38.1 Å². The molecule has 7 nitrogen and oxygen atoms in total. The van der Waals surface area contributed by atoms with Crippen LogP contribution in [0.3, 0.4) is 0 Å². The lowest BCUT2D eigenvalue weighted by Gasteiger charge is -2.17. The molecule has 3 N–H and O–H groups in total. The molecule has 0 saturated carbocycles. The molecule has 1 aromatic carbocycles. The van der Waals surface area contributed by atoms with Crippen LogP contribution in [-0.2, 0) is 12.8 Å². The minimum atomic E-state index is -0.687. The number of pyridine rings is 1. The Morgan fingerprint density at radius 2 is 1.88 bits per heavy atom. The average molecular weight is 439 g/mol. The van der Waals surface area contributed by atoms with Crippen LogP contribution in [0.25, 0.3) is 22.8 Å². The summed E-state index contributed by atoms with van der Waals surface area (Å²) in [5.41, 5.74) is 11.2. The highest BCUT2D eigenvalue weighted by molar-refractivity contribution is 5.64. The molecular formula is C25H34N4O3. The van der Waals surface area contributed by atoms with Crippen LogP contribution in [0.4, 0.5) is 0 Å². The minimum Gasteiger partial charge on any atom is -0.490 e. The number of ether oxygens (including phenoxy) is 1. The number of aromatic nitrogens is 3. The van der Waals surface area contributed by atoms with Gasteiger partial charge in [0, 0.05) is 29.1 Å². The second-order valence-corrected chi connectivity index (χ2v) is 8.74. The maximum atomic E-state index is 9.77. The zero-order valence-corrected chi connectivity index (χ0v) is 19.7. The minimum absolute atomic E-state index is 0.166. The number of hydrogen-bond acceptors (Lipinski definition) is 7. The van der Waals surface area contributed by atoms with E-state index >= 15 is 0 Å². The van der Waals surface area contributed by atoms with Crippen molar-refractivity contribution >= 4 is 0 Å².